The summed E-state index contributed by atoms with van der Waals surface area (Å²) in [5, 5.41) is 12.3. The minimum Gasteiger partial charge on any atom is -0.456 e. The van der Waals surface area contributed by atoms with Crippen molar-refractivity contribution in [1.82, 2.24) is 0 Å². The first-order valence-electron chi connectivity index (χ1n) is 16.2. The van der Waals surface area contributed by atoms with Crippen LogP contribution in [-0.4, -0.2) is 0 Å². The molecule has 0 radical (unpaired) electrons. The number of hydrogen-bond donors (Lipinski definition) is 0. The van der Waals surface area contributed by atoms with Gasteiger partial charge in [-0.3, -0.25) is 0 Å². The number of allylic oxidation sites excluding steroid dienone is 1. The second-order valence-corrected chi connectivity index (χ2v) is 13.0. The van der Waals surface area contributed by atoms with Crippen LogP contribution in [-0.2, 0) is 6.42 Å². The summed E-state index contributed by atoms with van der Waals surface area (Å²) < 4.78 is 6.66. The van der Waals surface area contributed by atoms with E-state index in [1.807, 2.05) is 0 Å². The Morgan fingerprint density at radius 1 is 0.500 bits per heavy atom. The van der Waals surface area contributed by atoms with E-state index in [0.717, 1.165) is 23.0 Å². The molecule has 1 aliphatic rings. The van der Waals surface area contributed by atoms with Crippen LogP contribution in [0.2, 0.25) is 0 Å². The summed E-state index contributed by atoms with van der Waals surface area (Å²) in [6.07, 6.45) is 5.75. The van der Waals surface area contributed by atoms with E-state index in [9.17, 15) is 0 Å². The van der Waals surface area contributed by atoms with Crippen molar-refractivity contribution in [2.75, 3.05) is 0 Å². The lowest BCUT2D eigenvalue weighted by Crippen LogP contribution is -2.03. The summed E-state index contributed by atoms with van der Waals surface area (Å²) in [4.78, 5) is 0. The molecule has 0 fully saturated rings. The van der Waals surface area contributed by atoms with Gasteiger partial charge < -0.3 is 4.42 Å². The molecule has 46 heavy (non-hydrogen) atoms. The van der Waals surface area contributed by atoms with Gasteiger partial charge in [0.15, 0.2) is 0 Å². The number of rotatable bonds is 2. The van der Waals surface area contributed by atoms with Crippen molar-refractivity contribution in [2.45, 2.75) is 13.3 Å². The monoisotopic (exact) mass is 586 g/mol. The summed E-state index contributed by atoms with van der Waals surface area (Å²) in [7, 11) is 0. The average Bonchev–Trinajstić information content (AvgIpc) is 3.47. The van der Waals surface area contributed by atoms with Crippen LogP contribution in [0.4, 0.5) is 0 Å². The van der Waals surface area contributed by atoms with E-state index >= 15 is 0 Å². The average molecular weight is 587 g/mol. The van der Waals surface area contributed by atoms with E-state index < -0.39 is 0 Å². The van der Waals surface area contributed by atoms with Crippen LogP contribution in [0.15, 0.2) is 144 Å². The molecule has 1 heteroatoms. The molecule has 1 aromatic heterocycles. The second kappa shape index (κ2) is 9.67. The molecular weight excluding hydrogens is 556 g/mol. The van der Waals surface area contributed by atoms with Gasteiger partial charge in [0, 0.05) is 10.8 Å². The van der Waals surface area contributed by atoms with E-state index in [4.69, 9.17) is 4.42 Å². The van der Waals surface area contributed by atoms with Crippen LogP contribution in [0.5, 0.6) is 0 Å². The summed E-state index contributed by atoms with van der Waals surface area (Å²) >= 11 is 0. The molecule has 0 amide bonds. The smallest absolute Gasteiger partial charge is 0.136 e. The maximum absolute atomic E-state index is 6.66. The zero-order valence-corrected chi connectivity index (χ0v) is 25.5. The van der Waals surface area contributed by atoms with Gasteiger partial charge in [0.1, 0.15) is 11.2 Å². The molecule has 1 nitrogen and oxygen atoms in total. The normalized spacial score (nSPS) is 14.7. The van der Waals surface area contributed by atoms with E-state index in [1.54, 1.807) is 0 Å². The molecule has 0 aliphatic heterocycles. The third kappa shape index (κ3) is 3.75. The Morgan fingerprint density at radius 2 is 1.15 bits per heavy atom. The highest BCUT2D eigenvalue weighted by atomic mass is 16.3. The van der Waals surface area contributed by atoms with Gasteiger partial charge in [0.05, 0.1) is 0 Å². The van der Waals surface area contributed by atoms with Gasteiger partial charge >= 0.3 is 0 Å². The first-order chi connectivity index (χ1) is 22.7. The summed E-state index contributed by atoms with van der Waals surface area (Å²) in [6, 6.07) is 49.2. The highest BCUT2D eigenvalue weighted by molar-refractivity contribution is 6.27. The fourth-order valence-electron chi connectivity index (χ4n) is 7.96. The van der Waals surface area contributed by atoms with Crippen molar-refractivity contribution in [3.63, 3.8) is 0 Å². The number of benzene rings is 8. The SMILES string of the molecule is CC1C=Cc2cc(-c3c4ccccc4c(-c4ccc5ccccc5c4)c4cc5oc6ccc7ccccc7c6c5cc34)ccc2C1. The first-order valence-corrected chi connectivity index (χ1v) is 16.2. The maximum Gasteiger partial charge on any atom is 0.136 e. The quantitative estimate of drug-likeness (QED) is 0.184. The zero-order valence-electron chi connectivity index (χ0n) is 25.5. The fraction of sp³-hybridized carbons (Fsp3) is 0.0667. The van der Waals surface area contributed by atoms with E-state index in [-0.39, 0.29) is 0 Å². The van der Waals surface area contributed by atoms with Gasteiger partial charge in [-0.25, -0.2) is 0 Å². The van der Waals surface area contributed by atoms with E-state index in [2.05, 4.69) is 153 Å². The molecule has 1 unspecified atom stereocenters. The molecule has 0 spiro atoms. The fourth-order valence-corrected chi connectivity index (χ4v) is 7.96. The highest BCUT2D eigenvalue weighted by Crippen LogP contribution is 2.47. The molecule has 10 rings (SSSR count). The lowest BCUT2D eigenvalue weighted by molar-refractivity contribution is 0.670. The lowest BCUT2D eigenvalue weighted by atomic mass is 9.83. The predicted octanol–water partition coefficient (Wildman–Crippen LogP) is 12.7. The Bertz CT molecular complexity index is 2740. The van der Waals surface area contributed by atoms with Crippen LogP contribution in [0, 0.1) is 5.92 Å². The largest absolute Gasteiger partial charge is 0.456 e. The predicted molar refractivity (Wildman–Crippen MR) is 197 cm³/mol. The maximum atomic E-state index is 6.66. The van der Waals surface area contributed by atoms with E-state index in [1.165, 1.54) is 81.9 Å². The first kappa shape index (κ1) is 25.6. The van der Waals surface area contributed by atoms with Crippen LogP contribution >= 0.6 is 0 Å². The second-order valence-electron chi connectivity index (χ2n) is 13.0. The van der Waals surface area contributed by atoms with Crippen LogP contribution < -0.4 is 0 Å². The third-order valence-corrected chi connectivity index (χ3v) is 10.1. The van der Waals surface area contributed by atoms with Crippen molar-refractivity contribution in [2.24, 2.45) is 5.92 Å². The van der Waals surface area contributed by atoms with Gasteiger partial charge in [-0.2, -0.15) is 0 Å². The summed E-state index contributed by atoms with van der Waals surface area (Å²) in [5.74, 6) is 0.568. The van der Waals surface area contributed by atoms with Crippen molar-refractivity contribution in [3.05, 3.63) is 151 Å². The summed E-state index contributed by atoms with van der Waals surface area (Å²) in [6.45, 7) is 2.30. The number of fused-ring (bicyclic) bond motifs is 9. The lowest BCUT2D eigenvalue weighted by Gasteiger charge is -2.20. The van der Waals surface area contributed by atoms with Gasteiger partial charge in [0.2, 0.25) is 0 Å². The van der Waals surface area contributed by atoms with Crippen molar-refractivity contribution in [1.29, 1.82) is 0 Å². The van der Waals surface area contributed by atoms with Gasteiger partial charge in [-0.05, 0) is 119 Å². The van der Waals surface area contributed by atoms with Gasteiger partial charge in [-0.15, -0.1) is 0 Å². The Labute approximate surface area is 267 Å². The molecule has 1 atom stereocenters. The molecule has 1 heterocycles. The molecule has 8 aromatic carbocycles. The standard InChI is InChI=1S/C45H30O/c1-27-14-15-32-24-34(19-17-31(32)22-27)43-36-12-6-7-13-37(36)44(33-18-16-28-8-2-3-10-30(28)23-33)39-26-42-40(25-38(39)43)45-35-11-5-4-9-29(35)20-21-41(45)46-42/h2-21,23-27H,22H2,1H3. The van der Waals surface area contributed by atoms with Crippen LogP contribution in [0.1, 0.15) is 18.1 Å². The van der Waals surface area contributed by atoms with Crippen LogP contribution in [0.3, 0.4) is 0 Å². The summed E-state index contributed by atoms with van der Waals surface area (Å²) in [5.41, 5.74) is 9.60. The molecule has 216 valence electrons. The van der Waals surface area contributed by atoms with Gasteiger partial charge in [-0.1, -0.05) is 122 Å². The van der Waals surface area contributed by atoms with E-state index in [0.29, 0.717) is 5.92 Å². The van der Waals surface area contributed by atoms with Crippen molar-refractivity contribution < 1.29 is 4.42 Å². The Morgan fingerprint density at radius 3 is 1.98 bits per heavy atom. The van der Waals surface area contributed by atoms with Crippen molar-refractivity contribution in [3.8, 4) is 22.3 Å². The molecule has 0 N–H and O–H groups in total. The number of hydrogen-bond acceptors (Lipinski definition) is 1. The molecule has 1 aliphatic carbocycles. The molecule has 9 aromatic rings. The Balaban J connectivity index is 1.39. The number of furan rings is 1. The minimum atomic E-state index is 0.568. The minimum absolute atomic E-state index is 0.568. The Hall–Kier alpha value is -5.66. The topological polar surface area (TPSA) is 13.1 Å². The molecule has 0 saturated carbocycles. The highest BCUT2D eigenvalue weighted by Gasteiger charge is 2.21. The zero-order chi connectivity index (χ0) is 30.4. The molecule has 0 bridgehead atoms. The van der Waals surface area contributed by atoms with Crippen molar-refractivity contribution >= 4 is 71.1 Å². The molecule has 0 saturated heterocycles. The third-order valence-electron chi connectivity index (χ3n) is 10.1. The Kier molecular flexibility index (Phi) is 5.39. The van der Waals surface area contributed by atoms with Crippen LogP contribution in [0.25, 0.3) is 93.4 Å². The van der Waals surface area contributed by atoms with Gasteiger partial charge in [0.25, 0.3) is 0 Å². The molecular formula is C45H30O.